The zero-order valence-corrected chi connectivity index (χ0v) is 19.9. The molecule has 31 heavy (non-hydrogen) atoms. The molecule has 0 aromatic heterocycles. The number of amides is 1. The third kappa shape index (κ3) is 6.26. The second-order valence-electron chi connectivity index (χ2n) is 7.38. The number of carbonyl (C=O) groups excluding carboxylic acids is 1. The van der Waals surface area contributed by atoms with Crippen LogP contribution in [0.1, 0.15) is 16.7 Å². The predicted octanol–water partition coefficient (Wildman–Crippen LogP) is 4.94. The van der Waals surface area contributed by atoms with Gasteiger partial charge in [0.2, 0.25) is 15.9 Å². The van der Waals surface area contributed by atoms with Crippen LogP contribution in [0.5, 0.6) is 0 Å². The van der Waals surface area contributed by atoms with Gasteiger partial charge in [0.1, 0.15) is 0 Å². The molecule has 0 bridgehead atoms. The second kappa shape index (κ2) is 10.2. The van der Waals surface area contributed by atoms with E-state index in [1.165, 1.54) is 16.4 Å². The Kier molecular flexibility index (Phi) is 7.64. The molecule has 3 aromatic carbocycles. The van der Waals surface area contributed by atoms with E-state index in [1.807, 2.05) is 62.4 Å². The van der Waals surface area contributed by atoms with Gasteiger partial charge in [0.05, 0.1) is 11.4 Å². The Bertz CT molecular complexity index is 1150. The summed E-state index contributed by atoms with van der Waals surface area (Å²) < 4.78 is 28.6. The summed E-state index contributed by atoms with van der Waals surface area (Å²) in [5, 5.41) is 2.82. The average Bonchev–Trinajstić information content (AvgIpc) is 2.74. The minimum absolute atomic E-state index is 0.155. The zero-order chi connectivity index (χ0) is 22.4. The smallest absolute Gasteiger partial charge is 0.243 e. The van der Waals surface area contributed by atoms with Gasteiger partial charge < -0.3 is 5.32 Å². The summed E-state index contributed by atoms with van der Waals surface area (Å²) in [6.45, 7) is 3.90. The minimum atomic E-state index is -3.84. The summed E-state index contributed by atoms with van der Waals surface area (Å²) in [5.74, 6) is -0.378. The van der Waals surface area contributed by atoms with Gasteiger partial charge in [0.25, 0.3) is 0 Å². The number of anilines is 1. The molecule has 0 fully saturated rings. The lowest BCUT2D eigenvalue weighted by atomic mass is 10.1. The summed E-state index contributed by atoms with van der Waals surface area (Å²) >= 11 is 3.33. The summed E-state index contributed by atoms with van der Waals surface area (Å²) in [6.07, 6.45) is 0.507. The molecular weight excluding hydrogens is 476 g/mol. The molecule has 1 N–H and O–H groups in total. The van der Waals surface area contributed by atoms with E-state index in [0.717, 1.165) is 21.2 Å². The number of nitrogens with one attached hydrogen (secondary N) is 1. The highest BCUT2D eigenvalue weighted by Crippen LogP contribution is 2.20. The SMILES string of the molecule is Cc1ccc(NC(=O)CN(CCc2ccccc2)S(=O)(=O)c2ccc(Br)cc2)cc1C. The van der Waals surface area contributed by atoms with Crippen LogP contribution in [-0.2, 0) is 21.2 Å². The van der Waals surface area contributed by atoms with Crippen molar-refractivity contribution in [1.82, 2.24) is 4.31 Å². The van der Waals surface area contributed by atoms with E-state index in [-0.39, 0.29) is 23.9 Å². The van der Waals surface area contributed by atoms with Gasteiger partial charge in [-0.25, -0.2) is 8.42 Å². The van der Waals surface area contributed by atoms with Crippen molar-refractivity contribution >= 4 is 37.5 Å². The minimum Gasteiger partial charge on any atom is -0.325 e. The van der Waals surface area contributed by atoms with Gasteiger partial charge in [-0.05, 0) is 73.4 Å². The van der Waals surface area contributed by atoms with Crippen molar-refractivity contribution in [1.29, 1.82) is 0 Å². The molecule has 162 valence electrons. The first-order chi connectivity index (χ1) is 14.8. The Hall–Kier alpha value is -2.48. The molecule has 0 spiro atoms. The molecule has 0 saturated heterocycles. The van der Waals surface area contributed by atoms with Crippen molar-refractivity contribution in [3.63, 3.8) is 0 Å². The molecule has 0 aliphatic carbocycles. The van der Waals surface area contributed by atoms with Gasteiger partial charge in [-0.3, -0.25) is 4.79 Å². The molecule has 0 saturated carbocycles. The largest absolute Gasteiger partial charge is 0.325 e. The maximum Gasteiger partial charge on any atom is 0.243 e. The quantitative estimate of drug-likeness (QED) is 0.476. The molecule has 3 rings (SSSR count). The summed E-state index contributed by atoms with van der Waals surface area (Å²) in [6, 6.07) is 21.7. The Balaban J connectivity index is 1.81. The van der Waals surface area contributed by atoms with E-state index in [9.17, 15) is 13.2 Å². The van der Waals surface area contributed by atoms with Crippen molar-refractivity contribution in [2.45, 2.75) is 25.2 Å². The van der Waals surface area contributed by atoms with E-state index >= 15 is 0 Å². The van der Waals surface area contributed by atoms with Crippen LogP contribution in [0.25, 0.3) is 0 Å². The molecule has 5 nitrogen and oxygen atoms in total. The topological polar surface area (TPSA) is 66.5 Å². The van der Waals surface area contributed by atoms with Crippen LogP contribution < -0.4 is 5.32 Å². The number of halogens is 1. The van der Waals surface area contributed by atoms with Gasteiger partial charge in [0.15, 0.2) is 0 Å². The Morgan fingerprint density at radius 3 is 2.26 bits per heavy atom. The predicted molar refractivity (Wildman–Crippen MR) is 128 cm³/mol. The van der Waals surface area contributed by atoms with Crippen LogP contribution in [0.4, 0.5) is 5.69 Å². The van der Waals surface area contributed by atoms with Gasteiger partial charge >= 0.3 is 0 Å². The molecule has 3 aromatic rings. The fraction of sp³-hybridized carbons (Fsp3) is 0.208. The Morgan fingerprint density at radius 1 is 0.935 bits per heavy atom. The normalized spacial score (nSPS) is 11.5. The van der Waals surface area contributed by atoms with Crippen molar-refractivity contribution in [2.75, 3.05) is 18.4 Å². The Labute approximate surface area is 192 Å². The van der Waals surface area contributed by atoms with Crippen LogP contribution >= 0.6 is 15.9 Å². The van der Waals surface area contributed by atoms with E-state index in [0.29, 0.717) is 12.1 Å². The van der Waals surface area contributed by atoms with Crippen molar-refractivity contribution in [2.24, 2.45) is 0 Å². The highest BCUT2D eigenvalue weighted by molar-refractivity contribution is 9.10. The van der Waals surface area contributed by atoms with Crippen molar-refractivity contribution in [3.05, 3.63) is 94.0 Å². The molecule has 0 heterocycles. The number of benzene rings is 3. The maximum absolute atomic E-state index is 13.3. The summed E-state index contributed by atoms with van der Waals surface area (Å²) in [5.41, 5.74) is 3.84. The number of hydrogen-bond acceptors (Lipinski definition) is 3. The van der Waals surface area contributed by atoms with Gasteiger partial charge in [-0.1, -0.05) is 52.3 Å². The first-order valence-electron chi connectivity index (χ1n) is 9.92. The molecule has 0 atom stereocenters. The molecule has 7 heteroatoms. The summed E-state index contributed by atoms with van der Waals surface area (Å²) in [7, 11) is -3.84. The van der Waals surface area contributed by atoms with Gasteiger partial charge in [-0.2, -0.15) is 4.31 Å². The standard InChI is InChI=1S/C24H25BrN2O3S/c1-18-8-11-22(16-19(18)2)26-24(28)17-27(15-14-20-6-4-3-5-7-20)31(29,30)23-12-9-21(25)10-13-23/h3-13,16H,14-15,17H2,1-2H3,(H,26,28). The van der Waals surface area contributed by atoms with Crippen LogP contribution in [0.15, 0.2) is 82.2 Å². The number of rotatable bonds is 8. The lowest BCUT2D eigenvalue weighted by molar-refractivity contribution is -0.116. The number of aryl methyl sites for hydroxylation is 2. The van der Waals surface area contributed by atoms with Crippen LogP contribution in [0.3, 0.4) is 0 Å². The van der Waals surface area contributed by atoms with Gasteiger partial charge in [0, 0.05) is 16.7 Å². The summed E-state index contributed by atoms with van der Waals surface area (Å²) in [4.78, 5) is 12.9. The lowest BCUT2D eigenvalue weighted by Gasteiger charge is -2.22. The maximum atomic E-state index is 13.3. The molecule has 0 unspecified atom stereocenters. The van der Waals surface area contributed by atoms with E-state index in [1.54, 1.807) is 12.1 Å². The van der Waals surface area contributed by atoms with E-state index in [2.05, 4.69) is 21.2 Å². The first-order valence-corrected chi connectivity index (χ1v) is 12.2. The van der Waals surface area contributed by atoms with E-state index < -0.39 is 10.0 Å². The van der Waals surface area contributed by atoms with Crippen LogP contribution in [0, 0.1) is 13.8 Å². The van der Waals surface area contributed by atoms with Crippen LogP contribution in [0.2, 0.25) is 0 Å². The number of hydrogen-bond donors (Lipinski definition) is 1. The number of carbonyl (C=O) groups is 1. The lowest BCUT2D eigenvalue weighted by Crippen LogP contribution is -2.39. The highest BCUT2D eigenvalue weighted by atomic mass is 79.9. The monoisotopic (exact) mass is 500 g/mol. The molecular formula is C24H25BrN2O3S. The number of nitrogens with zero attached hydrogens (tertiary/aromatic N) is 1. The zero-order valence-electron chi connectivity index (χ0n) is 17.5. The molecule has 0 aliphatic heterocycles. The van der Waals surface area contributed by atoms with Crippen LogP contribution in [-0.4, -0.2) is 31.7 Å². The second-order valence-corrected chi connectivity index (χ2v) is 10.2. The first kappa shape index (κ1) is 23.2. The third-order valence-corrected chi connectivity index (χ3v) is 7.44. The van der Waals surface area contributed by atoms with E-state index in [4.69, 9.17) is 0 Å². The molecule has 1 amide bonds. The van der Waals surface area contributed by atoms with Crippen molar-refractivity contribution in [3.8, 4) is 0 Å². The third-order valence-electron chi connectivity index (χ3n) is 5.05. The number of sulfonamides is 1. The fourth-order valence-electron chi connectivity index (χ4n) is 3.12. The van der Waals surface area contributed by atoms with Crippen molar-refractivity contribution < 1.29 is 13.2 Å². The van der Waals surface area contributed by atoms with Gasteiger partial charge in [-0.15, -0.1) is 0 Å². The fourth-order valence-corrected chi connectivity index (χ4v) is 4.78. The molecule has 0 radical (unpaired) electrons. The average molecular weight is 501 g/mol. The highest BCUT2D eigenvalue weighted by Gasteiger charge is 2.26. The molecule has 0 aliphatic rings. The Morgan fingerprint density at radius 2 is 1.61 bits per heavy atom.